The number of aromatic nitrogens is 1. The van der Waals surface area contributed by atoms with Crippen molar-refractivity contribution in [1.82, 2.24) is 10.3 Å². The summed E-state index contributed by atoms with van der Waals surface area (Å²) in [6, 6.07) is 3.65. The van der Waals surface area contributed by atoms with Crippen LogP contribution in [-0.4, -0.2) is 36.3 Å². The third kappa shape index (κ3) is 4.34. The van der Waals surface area contributed by atoms with Gasteiger partial charge >= 0.3 is 0 Å². The van der Waals surface area contributed by atoms with Gasteiger partial charge in [-0.25, -0.2) is 4.98 Å². The lowest BCUT2D eigenvalue weighted by Crippen LogP contribution is -2.37. The van der Waals surface area contributed by atoms with Crippen LogP contribution >= 0.6 is 0 Å². The molecule has 2 aliphatic heterocycles. The van der Waals surface area contributed by atoms with E-state index in [1.807, 2.05) is 6.07 Å². The molecule has 0 aromatic carbocycles. The average Bonchev–Trinajstić information content (AvgIpc) is 3.28. The number of rotatable bonds is 8. The van der Waals surface area contributed by atoms with E-state index in [4.69, 9.17) is 15.9 Å². The van der Waals surface area contributed by atoms with E-state index in [0.717, 1.165) is 12.0 Å². The van der Waals surface area contributed by atoms with Crippen molar-refractivity contribution < 1.29 is 14.3 Å². The van der Waals surface area contributed by atoms with Crippen LogP contribution in [-0.2, 0) is 9.53 Å². The predicted octanol–water partition coefficient (Wildman–Crippen LogP) is 2.39. The van der Waals surface area contributed by atoms with Crippen LogP contribution in [0.1, 0.15) is 43.8 Å². The first-order valence-corrected chi connectivity index (χ1v) is 8.44. The van der Waals surface area contributed by atoms with Crippen LogP contribution in [0, 0.1) is 12.3 Å². The molecule has 0 unspecified atom stereocenters. The van der Waals surface area contributed by atoms with Crippen LogP contribution in [0.2, 0.25) is 0 Å². The van der Waals surface area contributed by atoms with Gasteiger partial charge in [-0.3, -0.25) is 4.79 Å². The van der Waals surface area contributed by atoms with Crippen molar-refractivity contribution in [2.45, 2.75) is 49.9 Å². The van der Waals surface area contributed by atoms with Crippen molar-refractivity contribution in [3.8, 4) is 18.2 Å². The summed E-state index contributed by atoms with van der Waals surface area (Å²) >= 11 is 0. The standard InChI is InChI=1S/C18H22N4O3/c1-3-4-9-18(21-22-18)10-7-15(23)20-14-8-11-25-17(14)13-5-6-16(24-2)19-12-13/h1,5-6,12,14,17H,4,7-11H2,2H3,(H,20,23)/t14-,17+/m1/s1. The highest BCUT2D eigenvalue weighted by Gasteiger charge is 2.39. The summed E-state index contributed by atoms with van der Waals surface area (Å²) in [5, 5.41) is 11.2. The van der Waals surface area contributed by atoms with E-state index in [0.29, 0.717) is 38.2 Å². The van der Waals surface area contributed by atoms with Crippen LogP contribution in [0.4, 0.5) is 0 Å². The molecule has 0 aliphatic carbocycles. The SMILES string of the molecule is C#CCCC1(CCC(=O)N[C@@H]2CCO[C@H]2c2ccc(OC)nc2)N=N1. The number of methoxy groups -OCH3 is 1. The van der Waals surface area contributed by atoms with Gasteiger partial charge in [0.15, 0.2) is 5.66 Å². The van der Waals surface area contributed by atoms with E-state index in [1.165, 1.54) is 0 Å². The number of terminal acetylenes is 1. The van der Waals surface area contributed by atoms with E-state index in [-0.39, 0.29) is 18.1 Å². The lowest BCUT2D eigenvalue weighted by molar-refractivity contribution is -0.122. The molecule has 2 atom stereocenters. The fraction of sp³-hybridized carbons (Fsp3) is 0.556. The van der Waals surface area contributed by atoms with Gasteiger partial charge in [0.25, 0.3) is 0 Å². The summed E-state index contributed by atoms with van der Waals surface area (Å²) in [6.07, 6.45) is 9.91. The molecule has 1 amide bonds. The minimum Gasteiger partial charge on any atom is -0.481 e. The minimum atomic E-state index is -0.421. The topological polar surface area (TPSA) is 85.2 Å². The Bertz CT molecular complexity index is 675. The zero-order valence-corrected chi connectivity index (χ0v) is 14.3. The third-order valence-electron chi connectivity index (χ3n) is 4.54. The molecular weight excluding hydrogens is 320 g/mol. The maximum absolute atomic E-state index is 12.3. The average molecular weight is 342 g/mol. The zero-order chi connectivity index (χ0) is 17.7. The van der Waals surface area contributed by atoms with Gasteiger partial charge in [0.05, 0.1) is 13.2 Å². The van der Waals surface area contributed by atoms with Crippen molar-refractivity contribution in [1.29, 1.82) is 0 Å². The largest absolute Gasteiger partial charge is 0.481 e. The van der Waals surface area contributed by atoms with Crippen molar-refractivity contribution >= 4 is 5.91 Å². The van der Waals surface area contributed by atoms with Gasteiger partial charge in [-0.2, -0.15) is 10.2 Å². The molecule has 2 aliphatic rings. The van der Waals surface area contributed by atoms with Crippen LogP contribution < -0.4 is 10.1 Å². The number of pyridine rings is 1. The first-order chi connectivity index (χ1) is 12.2. The Labute approximate surface area is 147 Å². The number of ether oxygens (including phenoxy) is 2. The summed E-state index contributed by atoms with van der Waals surface area (Å²) in [5.74, 6) is 3.13. The van der Waals surface area contributed by atoms with Crippen molar-refractivity contribution in [3.63, 3.8) is 0 Å². The fourth-order valence-corrected chi connectivity index (χ4v) is 3.01. The highest BCUT2D eigenvalue weighted by molar-refractivity contribution is 5.76. The van der Waals surface area contributed by atoms with Gasteiger partial charge in [0, 0.05) is 50.1 Å². The first kappa shape index (κ1) is 17.4. The number of hydrogen-bond donors (Lipinski definition) is 1. The van der Waals surface area contributed by atoms with Crippen molar-refractivity contribution in [3.05, 3.63) is 23.9 Å². The molecule has 1 aromatic heterocycles. The lowest BCUT2D eigenvalue weighted by Gasteiger charge is -2.20. The molecule has 0 bridgehead atoms. The Morgan fingerprint density at radius 1 is 1.48 bits per heavy atom. The highest BCUT2D eigenvalue weighted by Crippen LogP contribution is 2.37. The van der Waals surface area contributed by atoms with Gasteiger partial charge in [-0.15, -0.1) is 12.3 Å². The Morgan fingerprint density at radius 2 is 2.32 bits per heavy atom. The maximum atomic E-state index is 12.3. The molecule has 1 fully saturated rings. The third-order valence-corrected chi connectivity index (χ3v) is 4.54. The van der Waals surface area contributed by atoms with Crippen molar-refractivity contribution in [2.75, 3.05) is 13.7 Å². The molecule has 7 heteroatoms. The first-order valence-electron chi connectivity index (χ1n) is 8.44. The van der Waals surface area contributed by atoms with Gasteiger partial charge in [-0.05, 0) is 12.5 Å². The van der Waals surface area contributed by atoms with Gasteiger partial charge in [-0.1, -0.05) is 0 Å². The van der Waals surface area contributed by atoms with Gasteiger partial charge < -0.3 is 14.8 Å². The van der Waals surface area contributed by atoms with Gasteiger partial charge in [0.1, 0.15) is 6.10 Å². The van der Waals surface area contributed by atoms with Crippen molar-refractivity contribution in [2.24, 2.45) is 10.2 Å². The molecule has 3 rings (SSSR count). The summed E-state index contributed by atoms with van der Waals surface area (Å²) in [7, 11) is 1.58. The summed E-state index contributed by atoms with van der Waals surface area (Å²) in [6.45, 7) is 0.610. The molecule has 1 N–H and O–H groups in total. The molecule has 132 valence electrons. The van der Waals surface area contributed by atoms with E-state index in [1.54, 1.807) is 19.4 Å². The second-order valence-electron chi connectivity index (χ2n) is 6.27. The number of carbonyl (C=O) groups excluding carboxylic acids is 1. The molecule has 0 radical (unpaired) electrons. The summed E-state index contributed by atoms with van der Waals surface area (Å²) in [4.78, 5) is 16.5. The molecule has 25 heavy (non-hydrogen) atoms. The molecule has 7 nitrogen and oxygen atoms in total. The minimum absolute atomic E-state index is 0.0145. The smallest absolute Gasteiger partial charge is 0.220 e. The van der Waals surface area contributed by atoms with Crippen LogP contribution in [0.15, 0.2) is 28.6 Å². The Morgan fingerprint density at radius 3 is 2.96 bits per heavy atom. The maximum Gasteiger partial charge on any atom is 0.220 e. The van der Waals surface area contributed by atoms with Crippen LogP contribution in [0.25, 0.3) is 0 Å². The molecular formula is C18H22N4O3. The number of carbonyl (C=O) groups is 1. The summed E-state index contributed by atoms with van der Waals surface area (Å²) < 4.78 is 10.9. The zero-order valence-electron chi connectivity index (χ0n) is 14.3. The molecule has 1 saturated heterocycles. The lowest BCUT2D eigenvalue weighted by atomic mass is 10.0. The van der Waals surface area contributed by atoms with Crippen LogP contribution in [0.5, 0.6) is 5.88 Å². The molecule has 3 heterocycles. The normalized spacial score (nSPS) is 23.0. The predicted molar refractivity (Wildman–Crippen MR) is 90.9 cm³/mol. The number of hydrogen-bond acceptors (Lipinski definition) is 6. The second-order valence-corrected chi connectivity index (χ2v) is 6.27. The highest BCUT2D eigenvalue weighted by atomic mass is 16.5. The fourth-order valence-electron chi connectivity index (χ4n) is 3.01. The monoisotopic (exact) mass is 342 g/mol. The van der Waals surface area contributed by atoms with Crippen LogP contribution in [0.3, 0.4) is 0 Å². The molecule has 1 aromatic rings. The Balaban J connectivity index is 1.51. The quantitative estimate of drug-likeness (QED) is 0.735. The molecule has 0 saturated carbocycles. The Kier molecular flexibility index (Phi) is 5.29. The number of nitrogens with one attached hydrogen (secondary N) is 1. The number of amides is 1. The Hall–Kier alpha value is -2.46. The van der Waals surface area contributed by atoms with E-state index < -0.39 is 5.66 Å². The molecule has 0 spiro atoms. The van der Waals surface area contributed by atoms with Gasteiger partial charge in [0.2, 0.25) is 11.8 Å². The van der Waals surface area contributed by atoms with E-state index in [2.05, 4.69) is 26.4 Å². The summed E-state index contributed by atoms with van der Waals surface area (Å²) in [5.41, 5.74) is 0.510. The number of nitrogens with zero attached hydrogens (tertiary/aromatic N) is 3. The van der Waals surface area contributed by atoms with E-state index >= 15 is 0 Å². The second kappa shape index (κ2) is 7.62. The van der Waals surface area contributed by atoms with E-state index in [9.17, 15) is 4.79 Å².